The highest BCUT2D eigenvalue weighted by Crippen LogP contribution is 2.31. The number of benzene rings is 2. The Morgan fingerprint density at radius 2 is 1.80 bits per heavy atom. The minimum atomic E-state index is -0.155. The first-order valence-corrected chi connectivity index (χ1v) is 11.0. The van der Waals surface area contributed by atoms with Crippen molar-refractivity contribution in [3.05, 3.63) is 53.6 Å². The first kappa shape index (κ1) is 20.3. The summed E-state index contributed by atoms with van der Waals surface area (Å²) in [5.41, 5.74) is 3.10. The largest absolute Gasteiger partial charge is 0.335 e. The molecule has 7 nitrogen and oxygen atoms in total. The normalized spacial score (nSPS) is 16.4. The van der Waals surface area contributed by atoms with Gasteiger partial charge in [0.05, 0.1) is 5.69 Å². The molecule has 2 aromatic carbocycles. The van der Waals surface area contributed by atoms with Crippen LogP contribution in [0.15, 0.2) is 47.4 Å². The van der Waals surface area contributed by atoms with Crippen LogP contribution in [0.2, 0.25) is 0 Å². The van der Waals surface area contributed by atoms with Crippen LogP contribution in [0, 0.1) is 6.92 Å². The molecule has 0 bridgehead atoms. The molecule has 0 saturated carbocycles. The number of nitrogens with one attached hydrogen (secondary N) is 2. The summed E-state index contributed by atoms with van der Waals surface area (Å²) in [6, 6.07) is 13.0. The minimum Gasteiger partial charge on any atom is -0.335 e. The average Bonchev–Trinajstić information content (AvgIpc) is 2.93. The van der Waals surface area contributed by atoms with Gasteiger partial charge in [0.15, 0.2) is 0 Å². The van der Waals surface area contributed by atoms with Gasteiger partial charge in [0.25, 0.3) is 5.91 Å². The second-order valence-electron chi connectivity index (χ2n) is 7.44. The third kappa shape index (κ3) is 4.59. The van der Waals surface area contributed by atoms with Gasteiger partial charge in [0.1, 0.15) is 0 Å². The van der Waals surface area contributed by atoms with Gasteiger partial charge in [-0.1, -0.05) is 12.1 Å². The number of amides is 4. The Kier molecular flexibility index (Phi) is 5.94. The molecule has 2 aliphatic heterocycles. The molecule has 0 spiro atoms. The Morgan fingerprint density at radius 3 is 2.57 bits per heavy atom. The Bertz CT molecular complexity index is 986. The van der Waals surface area contributed by atoms with E-state index in [2.05, 4.69) is 10.6 Å². The van der Waals surface area contributed by atoms with Gasteiger partial charge in [-0.25, -0.2) is 4.79 Å². The highest BCUT2D eigenvalue weighted by molar-refractivity contribution is 7.99. The zero-order valence-electron chi connectivity index (χ0n) is 16.8. The number of carbonyl (C=O) groups is 3. The predicted octanol–water partition coefficient (Wildman–Crippen LogP) is 3.42. The van der Waals surface area contributed by atoms with E-state index in [9.17, 15) is 14.4 Å². The van der Waals surface area contributed by atoms with Gasteiger partial charge in [0, 0.05) is 54.5 Å². The molecule has 2 aliphatic rings. The summed E-state index contributed by atoms with van der Waals surface area (Å²) >= 11 is 1.61. The molecule has 30 heavy (non-hydrogen) atoms. The third-order valence-corrected chi connectivity index (χ3v) is 6.29. The number of nitrogens with zero attached hydrogens (tertiary/aromatic N) is 2. The predicted molar refractivity (Wildman–Crippen MR) is 118 cm³/mol. The lowest BCUT2D eigenvalue weighted by atomic mass is 10.1. The number of thioether (sulfide) groups is 1. The molecule has 0 aliphatic carbocycles. The molecule has 0 radical (unpaired) electrons. The maximum Gasteiger partial charge on any atom is 0.321 e. The number of fused-ring (bicyclic) bond motifs is 1. The standard InChI is InChI=1S/C22H24N4O3S/c1-15-3-2-4-17(13-15)23-22(29)26-10-8-25(9-11-26)21(28)16-5-6-19-18(14-16)24-20(27)7-12-30-19/h2-6,13-14H,7-12H2,1H3,(H,23,29)(H,24,27). The van der Waals surface area contributed by atoms with E-state index < -0.39 is 0 Å². The van der Waals surface area contributed by atoms with Crippen LogP contribution < -0.4 is 10.6 Å². The number of hydrogen-bond donors (Lipinski definition) is 2. The van der Waals surface area contributed by atoms with E-state index in [1.165, 1.54) is 0 Å². The van der Waals surface area contributed by atoms with Crippen LogP contribution in [0.5, 0.6) is 0 Å². The number of anilines is 2. The van der Waals surface area contributed by atoms with Crippen LogP contribution in [-0.4, -0.2) is 59.6 Å². The smallest absolute Gasteiger partial charge is 0.321 e. The third-order valence-electron chi connectivity index (χ3n) is 5.21. The van der Waals surface area contributed by atoms with Crippen LogP contribution >= 0.6 is 11.8 Å². The van der Waals surface area contributed by atoms with E-state index in [-0.39, 0.29) is 17.8 Å². The Labute approximate surface area is 179 Å². The molecule has 8 heteroatoms. The number of aryl methyl sites for hydroxylation is 1. The van der Waals surface area contributed by atoms with E-state index in [1.807, 2.05) is 43.3 Å². The number of rotatable bonds is 2. The van der Waals surface area contributed by atoms with E-state index in [4.69, 9.17) is 0 Å². The van der Waals surface area contributed by atoms with E-state index in [0.717, 1.165) is 21.9 Å². The van der Waals surface area contributed by atoms with Crippen molar-refractivity contribution in [1.82, 2.24) is 9.80 Å². The maximum absolute atomic E-state index is 12.9. The molecule has 0 unspecified atom stereocenters. The van der Waals surface area contributed by atoms with Gasteiger partial charge in [-0.2, -0.15) is 0 Å². The van der Waals surface area contributed by atoms with E-state index >= 15 is 0 Å². The second-order valence-corrected chi connectivity index (χ2v) is 8.57. The molecule has 0 aromatic heterocycles. The Morgan fingerprint density at radius 1 is 1.03 bits per heavy atom. The van der Waals surface area contributed by atoms with Gasteiger partial charge < -0.3 is 20.4 Å². The van der Waals surface area contributed by atoms with Crippen LogP contribution in [0.4, 0.5) is 16.2 Å². The maximum atomic E-state index is 12.9. The van der Waals surface area contributed by atoms with Gasteiger partial charge in [0.2, 0.25) is 5.91 Å². The fraction of sp³-hybridized carbons (Fsp3) is 0.318. The quantitative estimate of drug-likeness (QED) is 0.774. The SMILES string of the molecule is Cc1cccc(NC(=O)N2CCN(C(=O)c3ccc4c(c3)NC(=O)CCS4)CC2)c1. The molecule has 4 amide bonds. The number of hydrogen-bond acceptors (Lipinski definition) is 4. The molecule has 1 fully saturated rings. The summed E-state index contributed by atoms with van der Waals surface area (Å²) in [6.45, 7) is 3.87. The Balaban J connectivity index is 1.36. The minimum absolute atomic E-state index is 0.0286. The first-order valence-electron chi connectivity index (χ1n) is 9.98. The molecule has 2 heterocycles. The first-order chi connectivity index (χ1) is 14.5. The summed E-state index contributed by atoms with van der Waals surface area (Å²) in [5, 5.41) is 5.79. The fourth-order valence-electron chi connectivity index (χ4n) is 3.57. The Hall–Kier alpha value is -3.00. The van der Waals surface area contributed by atoms with Gasteiger partial charge >= 0.3 is 6.03 Å². The van der Waals surface area contributed by atoms with Crippen molar-refractivity contribution >= 4 is 41.0 Å². The lowest BCUT2D eigenvalue weighted by Gasteiger charge is -2.34. The molecule has 156 valence electrons. The van der Waals surface area contributed by atoms with Crippen LogP contribution in [-0.2, 0) is 4.79 Å². The summed E-state index contributed by atoms with van der Waals surface area (Å²) in [5.74, 6) is 0.623. The lowest BCUT2D eigenvalue weighted by molar-refractivity contribution is -0.115. The second kappa shape index (κ2) is 8.79. The highest BCUT2D eigenvalue weighted by atomic mass is 32.2. The topological polar surface area (TPSA) is 81.8 Å². The summed E-state index contributed by atoms with van der Waals surface area (Å²) in [7, 11) is 0. The molecule has 0 atom stereocenters. The van der Waals surface area contributed by atoms with Crippen molar-refractivity contribution < 1.29 is 14.4 Å². The van der Waals surface area contributed by atoms with E-state index in [0.29, 0.717) is 43.9 Å². The van der Waals surface area contributed by atoms with Gasteiger partial charge in [-0.15, -0.1) is 11.8 Å². The summed E-state index contributed by atoms with van der Waals surface area (Å²) in [6.07, 6.45) is 0.467. The summed E-state index contributed by atoms with van der Waals surface area (Å²) in [4.78, 5) is 41.7. The van der Waals surface area contributed by atoms with Crippen molar-refractivity contribution in [2.75, 3.05) is 42.6 Å². The monoisotopic (exact) mass is 424 g/mol. The van der Waals surface area contributed by atoms with Gasteiger partial charge in [-0.3, -0.25) is 9.59 Å². The number of urea groups is 1. The van der Waals surface area contributed by atoms with Crippen LogP contribution in [0.25, 0.3) is 0 Å². The fourth-order valence-corrected chi connectivity index (χ4v) is 4.51. The zero-order valence-corrected chi connectivity index (χ0v) is 17.6. The van der Waals surface area contributed by atoms with Crippen molar-refractivity contribution in [3.63, 3.8) is 0 Å². The molecule has 2 aromatic rings. The molecular weight excluding hydrogens is 400 g/mol. The van der Waals surface area contributed by atoms with Crippen molar-refractivity contribution in [3.8, 4) is 0 Å². The average molecular weight is 425 g/mol. The number of piperazine rings is 1. The van der Waals surface area contributed by atoms with Crippen LogP contribution in [0.1, 0.15) is 22.3 Å². The lowest BCUT2D eigenvalue weighted by Crippen LogP contribution is -2.51. The van der Waals surface area contributed by atoms with Gasteiger partial charge in [-0.05, 0) is 42.8 Å². The molecule has 1 saturated heterocycles. The molecule has 4 rings (SSSR count). The van der Waals surface area contributed by atoms with E-state index in [1.54, 1.807) is 27.6 Å². The zero-order chi connectivity index (χ0) is 21.1. The molecular formula is C22H24N4O3S. The molecule has 2 N–H and O–H groups in total. The van der Waals surface area contributed by atoms with Crippen molar-refractivity contribution in [2.45, 2.75) is 18.2 Å². The summed E-state index contributed by atoms with van der Waals surface area (Å²) < 4.78 is 0. The van der Waals surface area contributed by atoms with Crippen molar-refractivity contribution in [2.24, 2.45) is 0 Å². The van der Waals surface area contributed by atoms with Crippen LogP contribution in [0.3, 0.4) is 0 Å². The number of carbonyl (C=O) groups excluding carboxylic acids is 3. The van der Waals surface area contributed by atoms with Crippen molar-refractivity contribution in [1.29, 1.82) is 0 Å². The highest BCUT2D eigenvalue weighted by Gasteiger charge is 2.26.